The Morgan fingerprint density at radius 3 is 2.58 bits per heavy atom. The summed E-state index contributed by atoms with van der Waals surface area (Å²) in [5, 5.41) is 8.49. The van der Waals surface area contributed by atoms with Crippen molar-refractivity contribution in [3.05, 3.63) is 71.3 Å². The predicted molar refractivity (Wildman–Crippen MR) is 119 cm³/mol. The summed E-state index contributed by atoms with van der Waals surface area (Å²) in [5.41, 5.74) is 1.70. The zero-order chi connectivity index (χ0) is 22.4. The summed E-state index contributed by atoms with van der Waals surface area (Å²) >= 11 is 1.17. The number of hydrogen-bond acceptors (Lipinski definition) is 6. The van der Waals surface area contributed by atoms with Gasteiger partial charge in [0.2, 0.25) is 11.1 Å². The Kier molecular flexibility index (Phi) is 7.51. The fraction of sp³-hybridized carbons (Fsp3) is 0.318. The molecule has 1 heterocycles. The second-order valence-electron chi connectivity index (χ2n) is 7.41. The standard InChI is InChI=1S/C22H26FN5O2S/c1-15(2)16-8-10-18(11-9-16)30-13-20-25-26-22(28(20)24)31-14-21(29)27(3)12-17-6-4-5-7-19(17)23/h4-11,15H,12-14,24H2,1-3H3. The van der Waals surface area contributed by atoms with Gasteiger partial charge < -0.3 is 15.5 Å². The largest absolute Gasteiger partial charge is 0.486 e. The lowest BCUT2D eigenvalue weighted by Gasteiger charge is -2.17. The van der Waals surface area contributed by atoms with Crippen LogP contribution in [0.4, 0.5) is 4.39 Å². The number of halogens is 1. The average molecular weight is 444 g/mol. The van der Waals surface area contributed by atoms with Crippen molar-refractivity contribution in [1.29, 1.82) is 0 Å². The van der Waals surface area contributed by atoms with Crippen molar-refractivity contribution in [3.8, 4) is 5.75 Å². The van der Waals surface area contributed by atoms with E-state index in [1.165, 1.54) is 33.0 Å². The van der Waals surface area contributed by atoms with Crippen LogP contribution in [-0.4, -0.2) is 38.5 Å². The van der Waals surface area contributed by atoms with Gasteiger partial charge in [-0.25, -0.2) is 9.07 Å². The topological polar surface area (TPSA) is 86.3 Å². The molecule has 0 aliphatic carbocycles. The first-order valence-corrected chi connectivity index (χ1v) is 10.9. The second kappa shape index (κ2) is 10.3. The predicted octanol–water partition coefficient (Wildman–Crippen LogP) is 3.58. The normalized spacial score (nSPS) is 11.0. The molecule has 0 aliphatic heterocycles. The van der Waals surface area contributed by atoms with Crippen LogP contribution in [-0.2, 0) is 17.9 Å². The molecule has 1 aromatic heterocycles. The first-order valence-electron chi connectivity index (χ1n) is 9.87. The Hall–Kier alpha value is -3.07. The molecule has 0 fully saturated rings. The molecule has 0 saturated carbocycles. The van der Waals surface area contributed by atoms with E-state index in [1.54, 1.807) is 25.2 Å². The van der Waals surface area contributed by atoms with Gasteiger partial charge >= 0.3 is 0 Å². The summed E-state index contributed by atoms with van der Waals surface area (Å²) in [6, 6.07) is 14.3. The summed E-state index contributed by atoms with van der Waals surface area (Å²) in [4.78, 5) is 13.9. The van der Waals surface area contributed by atoms with Crippen LogP contribution in [0.2, 0.25) is 0 Å². The van der Waals surface area contributed by atoms with Gasteiger partial charge in [0, 0.05) is 19.2 Å². The molecule has 1 amide bonds. The molecule has 31 heavy (non-hydrogen) atoms. The number of carbonyl (C=O) groups is 1. The maximum Gasteiger partial charge on any atom is 0.233 e. The minimum atomic E-state index is -0.333. The van der Waals surface area contributed by atoms with E-state index in [-0.39, 0.29) is 30.6 Å². The monoisotopic (exact) mass is 443 g/mol. The molecule has 164 valence electrons. The number of nitrogens with zero attached hydrogens (tertiary/aromatic N) is 4. The van der Waals surface area contributed by atoms with Crippen LogP contribution >= 0.6 is 11.8 Å². The molecular weight excluding hydrogens is 417 g/mol. The molecule has 0 atom stereocenters. The molecule has 7 nitrogen and oxygen atoms in total. The van der Waals surface area contributed by atoms with E-state index >= 15 is 0 Å². The van der Waals surface area contributed by atoms with Gasteiger partial charge in [0.1, 0.15) is 18.2 Å². The fourth-order valence-corrected chi connectivity index (χ4v) is 3.62. The highest BCUT2D eigenvalue weighted by atomic mass is 32.2. The van der Waals surface area contributed by atoms with Crippen molar-refractivity contribution in [2.24, 2.45) is 0 Å². The first kappa shape index (κ1) is 22.6. The Morgan fingerprint density at radius 2 is 1.90 bits per heavy atom. The first-order chi connectivity index (χ1) is 14.8. The smallest absolute Gasteiger partial charge is 0.233 e. The van der Waals surface area contributed by atoms with Gasteiger partial charge in [0.25, 0.3) is 0 Å². The molecule has 0 aliphatic rings. The Bertz CT molecular complexity index is 1020. The molecule has 0 unspecified atom stereocenters. The number of nitrogens with two attached hydrogens (primary N) is 1. The lowest BCUT2D eigenvalue weighted by molar-refractivity contribution is -0.127. The highest BCUT2D eigenvalue weighted by Crippen LogP contribution is 2.20. The average Bonchev–Trinajstić information content (AvgIpc) is 3.11. The van der Waals surface area contributed by atoms with Crippen molar-refractivity contribution in [2.75, 3.05) is 18.6 Å². The third kappa shape index (κ3) is 5.97. The third-order valence-electron chi connectivity index (χ3n) is 4.77. The minimum absolute atomic E-state index is 0.109. The molecular formula is C22H26FN5O2S. The number of carbonyl (C=O) groups excluding carboxylic acids is 1. The zero-order valence-electron chi connectivity index (χ0n) is 17.8. The van der Waals surface area contributed by atoms with Crippen molar-refractivity contribution in [3.63, 3.8) is 0 Å². The summed E-state index contributed by atoms with van der Waals surface area (Å²) in [5.74, 6) is 7.28. The number of benzene rings is 2. The van der Waals surface area contributed by atoms with Crippen LogP contribution in [0.1, 0.15) is 36.7 Å². The SMILES string of the molecule is CC(C)c1ccc(OCc2nnc(SCC(=O)N(C)Cc3ccccc3F)n2N)cc1. The van der Waals surface area contributed by atoms with Gasteiger partial charge in [0.15, 0.2) is 5.82 Å². The molecule has 3 rings (SSSR count). The van der Waals surface area contributed by atoms with Crippen LogP contribution in [0.15, 0.2) is 53.7 Å². The molecule has 2 aromatic carbocycles. The molecule has 0 radical (unpaired) electrons. The number of amides is 1. The van der Waals surface area contributed by atoms with Crippen LogP contribution in [0.25, 0.3) is 0 Å². The van der Waals surface area contributed by atoms with Crippen molar-refractivity contribution in [1.82, 2.24) is 19.8 Å². The Balaban J connectivity index is 1.51. The van der Waals surface area contributed by atoms with E-state index < -0.39 is 0 Å². The number of ether oxygens (including phenoxy) is 1. The quantitative estimate of drug-likeness (QED) is 0.402. The molecule has 0 spiro atoms. The highest BCUT2D eigenvalue weighted by Gasteiger charge is 2.16. The van der Waals surface area contributed by atoms with Gasteiger partial charge in [-0.1, -0.05) is 55.9 Å². The highest BCUT2D eigenvalue weighted by molar-refractivity contribution is 7.99. The van der Waals surface area contributed by atoms with Gasteiger partial charge in [0.05, 0.1) is 5.75 Å². The third-order valence-corrected chi connectivity index (χ3v) is 5.69. The lowest BCUT2D eigenvalue weighted by Crippen LogP contribution is -2.28. The maximum absolute atomic E-state index is 13.8. The number of nitrogen functional groups attached to an aromatic ring is 1. The number of hydrogen-bond donors (Lipinski definition) is 1. The Labute approximate surface area is 185 Å². The van der Waals surface area contributed by atoms with E-state index in [4.69, 9.17) is 10.6 Å². The fourth-order valence-electron chi connectivity index (χ4n) is 2.81. The van der Waals surface area contributed by atoms with Crippen molar-refractivity contribution >= 4 is 17.7 Å². The van der Waals surface area contributed by atoms with Crippen LogP contribution in [0.5, 0.6) is 5.75 Å². The van der Waals surface area contributed by atoms with Crippen LogP contribution in [0, 0.1) is 5.82 Å². The van der Waals surface area contributed by atoms with Crippen LogP contribution in [0.3, 0.4) is 0 Å². The van der Waals surface area contributed by atoms with E-state index in [1.807, 2.05) is 24.3 Å². The van der Waals surface area contributed by atoms with Gasteiger partial charge in [-0.15, -0.1) is 10.2 Å². The van der Waals surface area contributed by atoms with Crippen LogP contribution < -0.4 is 10.6 Å². The van der Waals surface area contributed by atoms with Gasteiger partial charge in [-0.3, -0.25) is 4.79 Å². The van der Waals surface area contributed by atoms with E-state index in [0.29, 0.717) is 28.2 Å². The lowest BCUT2D eigenvalue weighted by atomic mass is 10.0. The second-order valence-corrected chi connectivity index (χ2v) is 8.35. The van der Waals surface area contributed by atoms with Gasteiger partial charge in [-0.2, -0.15) is 0 Å². The molecule has 0 saturated heterocycles. The van der Waals surface area contributed by atoms with Crippen molar-refractivity contribution in [2.45, 2.75) is 38.1 Å². The molecule has 0 bridgehead atoms. The summed E-state index contributed by atoms with van der Waals surface area (Å²) in [6.07, 6.45) is 0. The van der Waals surface area contributed by atoms with E-state index in [2.05, 4.69) is 24.0 Å². The number of thioether (sulfide) groups is 1. The summed E-state index contributed by atoms with van der Waals surface area (Å²) < 4.78 is 20.8. The zero-order valence-corrected chi connectivity index (χ0v) is 18.6. The molecule has 3 aromatic rings. The van der Waals surface area contributed by atoms with Crippen molar-refractivity contribution < 1.29 is 13.9 Å². The van der Waals surface area contributed by atoms with E-state index in [9.17, 15) is 9.18 Å². The van der Waals surface area contributed by atoms with Gasteiger partial charge in [-0.05, 0) is 29.7 Å². The summed E-state index contributed by atoms with van der Waals surface area (Å²) in [6.45, 7) is 4.62. The number of aromatic nitrogens is 3. The maximum atomic E-state index is 13.8. The van der Waals surface area contributed by atoms with E-state index in [0.717, 1.165) is 0 Å². The minimum Gasteiger partial charge on any atom is -0.486 e. The summed E-state index contributed by atoms with van der Waals surface area (Å²) in [7, 11) is 1.63. The number of rotatable bonds is 9. The molecule has 9 heteroatoms. The Morgan fingerprint density at radius 1 is 1.19 bits per heavy atom. The molecule has 2 N–H and O–H groups in total.